The van der Waals surface area contributed by atoms with Crippen molar-refractivity contribution >= 4 is 35.0 Å². The fourth-order valence-electron chi connectivity index (χ4n) is 3.13. The Bertz CT molecular complexity index is 910. The molecule has 0 bridgehead atoms. The molecule has 1 unspecified atom stereocenters. The highest BCUT2D eigenvalue weighted by molar-refractivity contribution is 8.00. The molecule has 11 heteroatoms. The number of nitrogens with zero attached hydrogens (tertiary/aromatic N) is 5. The molecule has 0 radical (unpaired) electrons. The number of hydrogen-bond acceptors (Lipinski definition) is 8. The van der Waals surface area contributed by atoms with Crippen molar-refractivity contribution in [2.75, 3.05) is 36.5 Å². The molecule has 10 nitrogen and oxygen atoms in total. The van der Waals surface area contributed by atoms with E-state index in [-0.39, 0.29) is 11.6 Å². The van der Waals surface area contributed by atoms with Crippen LogP contribution in [0.1, 0.15) is 25.8 Å². The first kappa shape index (κ1) is 19.6. The maximum atomic E-state index is 12.6. The summed E-state index contributed by atoms with van der Waals surface area (Å²) < 4.78 is 7.55. The molecular formula is C18H22N6O4S. The number of morpholine rings is 1. The van der Waals surface area contributed by atoms with E-state index in [9.17, 15) is 14.9 Å². The van der Waals surface area contributed by atoms with Gasteiger partial charge in [-0.3, -0.25) is 19.5 Å². The Morgan fingerprint density at radius 3 is 2.79 bits per heavy atom. The molecule has 1 aliphatic carbocycles. The number of anilines is 2. The molecule has 0 spiro atoms. The van der Waals surface area contributed by atoms with Gasteiger partial charge < -0.3 is 15.0 Å². The number of amides is 1. The summed E-state index contributed by atoms with van der Waals surface area (Å²) in [7, 11) is 0. The van der Waals surface area contributed by atoms with Gasteiger partial charge in [-0.15, -0.1) is 10.2 Å². The lowest BCUT2D eigenvalue weighted by Crippen LogP contribution is -2.38. The molecule has 2 aromatic rings. The second-order valence-electron chi connectivity index (χ2n) is 7.04. The summed E-state index contributed by atoms with van der Waals surface area (Å²) in [5.41, 5.74) is 0.334. The lowest BCUT2D eigenvalue weighted by Gasteiger charge is -2.28. The van der Waals surface area contributed by atoms with Crippen molar-refractivity contribution < 1.29 is 14.5 Å². The van der Waals surface area contributed by atoms with E-state index in [4.69, 9.17) is 4.74 Å². The number of rotatable bonds is 7. The zero-order valence-corrected chi connectivity index (χ0v) is 16.8. The Labute approximate surface area is 171 Å². The van der Waals surface area contributed by atoms with E-state index in [2.05, 4.69) is 25.0 Å². The minimum atomic E-state index is -0.487. The highest BCUT2D eigenvalue weighted by Crippen LogP contribution is 2.41. The number of non-ortho nitro benzene ring substituents is 1. The first-order chi connectivity index (χ1) is 14.0. The Kier molecular flexibility index (Phi) is 5.67. The highest BCUT2D eigenvalue weighted by Gasteiger charge is 2.33. The smallest absolute Gasteiger partial charge is 0.271 e. The van der Waals surface area contributed by atoms with Crippen LogP contribution in [0.15, 0.2) is 29.4 Å². The van der Waals surface area contributed by atoms with Crippen LogP contribution in [-0.2, 0) is 9.53 Å². The monoisotopic (exact) mass is 418 g/mol. The number of nitrogens with one attached hydrogen (secondary N) is 1. The Balaban J connectivity index is 1.46. The second-order valence-corrected chi connectivity index (χ2v) is 8.35. The zero-order chi connectivity index (χ0) is 20.4. The molecule has 1 saturated heterocycles. The quantitative estimate of drug-likeness (QED) is 0.414. The minimum Gasteiger partial charge on any atom is -0.378 e. The molecule has 1 N–H and O–H groups in total. The van der Waals surface area contributed by atoms with Gasteiger partial charge in [0.05, 0.1) is 23.4 Å². The molecule has 2 aliphatic rings. The molecule has 4 rings (SSSR count). The standard InChI is InChI=1S/C18H22N6O4S/c1-12(16(25)19-13-3-2-4-15(11-13)24(26)27)29-18-21-20-17(23(18)14-5-6-14)22-7-9-28-10-8-22/h2-4,11-12,14H,5-10H2,1H3,(H,19,25). The van der Waals surface area contributed by atoms with Crippen LogP contribution >= 0.6 is 11.8 Å². The highest BCUT2D eigenvalue weighted by atomic mass is 32.2. The molecular weight excluding hydrogens is 396 g/mol. The van der Waals surface area contributed by atoms with Crippen molar-refractivity contribution in [2.45, 2.75) is 36.2 Å². The van der Waals surface area contributed by atoms with Gasteiger partial charge in [0.1, 0.15) is 0 Å². The normalized spacial score (nSPS) is 17.8. The number of benzene rings is 1. The maximum Gasteiger partial charge on any atom is 0.271 e. The van der Waals surface area contributed by atoms with Gasteiger partial charge in [-0.05, 0) is 25.8 Å². The van der Waals surface area contributed by atoms with Crippen LogP contribution in [0, 0.1) is 10.1 Å². The summed E-state index contributed by atoms with van der Waals surface area (Å²) in [5.74, 6) is 0.596. The maximum absolute atomic E-state index is 12.6. The molecule has 1 aliphatic heterocycles. The van der Waals surface area contributed by atoms with Gasteiger partial charge in [0.15, 0.2) is 5.16 Å². The number of nitro benzene ring substituents is 1. The summed E-state index contributed by atoms with van der Waals surface area (Å²) in [4.78, 5) is 25.2. The van der Waals surface area contributed by atoms with Crippen LogP contribution < -0.4 is 10.2 Å². The van der Waals surface area contributed by atoms with Crippen LogP contribution in [0.3, 0.4) is 0 Å². The van der Waals surface area contributed by atoms with E-state index in [1.54, 1.807) is 19.1 Å². The third-order valence-corrected chi connectivity index (χ3v) is 5.89. The van der Waals surface area contributed by atoms with Crippen LogP contribution in [0.5, 0.6) is 0 Å². The summed E-state index contributed by atoms with van der Waals surface area (Å²) in [6.45, 7) is 4.68. The fraction of sp³-hybridized carbons (Fsp3) is 0.500. The predicted molar refractivity (Wildman–Crippen MR) is 108 cm³/mol. The van der Waals surface area contributed by atoms with E-state index in [0.717, 1.165) is 37.0 Å². The van der Waals surface area contributed by atoms with Crippen molar-refractivity contribution in [2.24, 2.45) is 0 Å². The van der Waals surface area contributed by atoms with Gasteiger partial charge in [0, 0.05) is 37.0 Å². The molecule has 29 heavy (non-hydrogen) atoms. The number of nitro groups is 1. The van der Waals surface area contributed by atoms with E-state index in [1.165, 1.54) is 23.9 Å². The van der Waals surface area contributed by atoms with Crippen LogP contribution in [0.2, 0.25) is 0 Å². The van der Waals surface area contributed by atoms with Crippen molar-refractivity contribution in [1.82, 2.24) is 14.8 Å². The second kappa shape index (κ2) is 8.37. The van der Waals surface area contributed by atoms with Gasteiger partial charge in [-0.2, -0.15) is 0 Å². The van der Waals surface area contributed by atoms with Crippen LogP contribution in [0.4, 0.5) is 17.3 Å². The molecule has 1 aromatic heterocycles. The number of carbonyl (C=O) groups is 1. The number of carbonyl (C=O) groups excluding carboxylic acids is 1. The van der Waals surface area contributed by atoms with Gasteiger partial charge in [-0.25, -0.2) is 0 Å². The number of ether oxygens (including phenoxy) is 1. The van der Waals surface area contributed by atoms with Crippen molar-refractivity contribution in [3.63, 3.8) is 0 Å². The summed E-state index contributed by atoms with van der Waals surface area (Å²) in [6.07, 6.45) is 2.16. The lowest BCUT2D eigenvalue weighted by atomic mass is 10.2. The Hall–Kier alpha value is -2.66. The third-order valence-electron chi connectivity index (χ3n) is 4.83. The molecule has 154 valence electrons. The first-order valence-corrected chi connectivity index (χ1v) is 10.4. The van der Waals surface area contributed by atoms with E-state index < -0.39 is 10.2 Å². The Morgan fingerprint density at radius 2 is 2.10 bits per heavy atom. The molecule has 2 fully saturated rings. The predicted octanol–water partition coefficient (Wildman–Crippen LogP) is 2.48. The van der Waals surface area contributed by atoms with Crippen LogP contribution in [-0.4, -0.2) is 57.1 Å². The number of aromatic nitrogens is 3. The lowest BCUT2D eigenvalue weighted by molar-refractivity contribution is -0.384. The average molecular weight is 418 g/mol. The van der Waals surface area contributed by atoms with E-state index >= 15 is 0 Å². The number of thioether (sulfide) groups is 1. The summed E-state index contributed by atoms with van der Waals surface area (Å²) >= 11 is 1.35. The molecule has 2 heterocycles. The first-order valence-electron chi connectivity index (χ1n) is 9.52. The minimum absolute atomic E-state index is 0.0632. The number of hydrogen-bond donors (Lipinski definition) is 1. The molecule has 1 atom stereocenters. The molecule has 1 saturated carbocycles. The topological polar surface area (TPSA) is 115 Å². The van der Waals surface area contributed by atoms with Crippen molar-refractivity contribution in [1.29, 1.82) is 0 Å². The largest absolute Gasteiger partial charge is 0.378 e. The van der Waals surface area contributed by atoms with Gasteiger partial charge >= 0.3 is 0 Å². The van der Waals surface area contributed by atoms with E-state index in [0.29, 0.717) is 24.9 Å². The molecule has 1 amide bonds. The van der Waals surface area contributed by atoms with Crippen molar-refractivity contribution in [3.8, 4) is 0 Å². The zero-order valence-electron chi connectivity index (χ0n) is 16.0. The van der Waals surface area contributed by atoms with Gasteiger partial charge in [0.25, 0.3) is 5.69 Å². The van der Waals surface area contributed by atoms with Gasteiger partial charge in [-0.1, -0.05) is 17.8 Å². The van der Waals surface area contributed by atoms with E-state index in [1.807, 2.05) is 0 Å². The fourth-order valence-corrected chi connectivity index (χ4v) is 4.05. The molecule has 1 aromatic carbocycles. The summed E-state index contributed by atoms with van der Waals surface area (Å²) in [5, 5.41) is 22.7. The Morgan fingerprint density at radius 1 is 1.34 bits per heavy atom. The third kappa shape index (κ3) is 4.51. The summed E-state index contributed by atoms with van der Waals surface area (Å²) in [6, 6.07) is 6.28. The van der Waals surface area contributed by atoms with Crippen LogP contribution in [0.25, 0.3) is 0 Å². The average Bonchev–Trinajstić information content (AvgIpc) is 3.48. The van der Waals surface area contributed by atoms with Gasteiger partial charge in [0.2, 0.25) is 11.9 Å². The SMILES string of the molecule is CC(Sc1nnc(N2CCOCC2)n1C1CC1)C(=O)Nc1cccc([N+](=O)[O-])c1. The van der Waals surface area contributed by atoms with Crippen molar-refractivity contribution in [3.05, 3.63) is 34.4 Å².